The molecule has 3 rings (SSSR count). The van der Waals surface area contributed by atoms with Gasteiger partial charge >= 0.3 is 0 Å². The van der Waals surface area contributed by atoms with E-state index in [1.165, 1.54) is 6.92 Å². The van der Waals surface area contributed by atoms with Crippen LogP contribution < -0.4 is 0 Å². The minimum absolute atomic E-state index is 0.0595. The molecule has 1 amide bonds. The highest BCUT2D eigenvalue weighted by atomic mass is 16.2. The van der Waals surface area contributed by atoms with Crippen molar-refractivity contribution in [2.45, 2.75) is 20.1 Å². The summed E-state index contributed by atoms with van der Waals surface area (Å²) in [6.45, 7) is -4.96. The van der Waals surface area contributed by atoms with Gasteiger partial charge in [0.25, 0.3) is 0 Å². The second-order valence-electron chi connectivity index (χ2n) is 4.69. The molecule has 0 bridgehead atoms. The summed E-state index contributed by atoms with van der Waals surface area (Å²) in [7, 11) is 0.783. The normalized spacial score (nSPS) is 22.1. The number of imidazole rings is 1. The number of nitrogens with zero attached hydrogens (tertiary/aromatic N) is 3. The average molecular weight is 322 g/mol. The molecule has 0 aliphatic carbocycles. The van der Waals surface area contributed by atoms with Crippen molar-refractivity contribution < 1.29 is 25.4 Å². The van der Waals surface area contributed by atoms with Gasteiger partial charge in [-0.15, -0.1) is 0 Å². The van der Waals surface area contributed by atoms with Crippen LogP contribution in [0.4, 0.5) is 0 Å². The molecule has 0 fully saturated rings. The quantitative estimate of drug-likeness (QED) is 0.742. The standard InChI is InChI=1S/C19H21N3O/c1-13-5-8-15(9-6-13)19-16(11-18(23)21(3)4)22-12-14(2)7-10-17(22)20-19/h5-10,12H,11H2,1-4H3/i2D3,3D3,5D,6D,7D,8D,9D,10D,11D2,12D. The molecule has 0 aliphatic rings. The van der Waals surface area contributed by atoms with Crippen molar-refractivity contribution in [1.29, 1.82) is 0 Å². The fraction of sp³-hybridized carbons (Fsp3) is 0.263. The molecule has 0 N–H and O–H groups in total. The van der Waals surface area contributed by atoms with Gasteiger partial charge < -0.3 is 9.30 Å². The number of pyridine rings is 1. The highest BCUT2D eigenvalue weighted by Gasteiger charge is 2.18. The first-order valence-electron chi connectivity index (χ1n) is 14.0. The smallest absolute Gasteiger partial charge is 0.228 e. The highest BCUT2D eigenvalue weighted by molar-refractivity contribution is 5.81. The van der Waals surface area contributed by atoms with Gasteiger partial charge in [0.2, 0.25) is 5.91 Å². The van der Waals surface area contributed by atoms with Crippen LogP contribution in [0, 0.1) is 13.8 Å². The van der Waals surface area contributed by atoms with E-state index < -0.39 is 96.7 Å². The number of benzene rings is 1. The lowest BCUT2D eigenvalue weighted by molar-refractivity contribution is -0.128. The summed E-state index contributed by atoms with van der Waals surface area (Å²) in [5.41, 5.74) is -4.07. The molecular weight excluding hydrogens is 286 g/mol. The van der Waals surface area contributed by atoms with Crippen molar-refractivity contribution in [1.82, 2.24) is 14.3 Å². The molecule has 2 aromatic heterocycles. The predicted octanol–water partition coefficient (Wildman–Crippen LogP) is 3.25. The Bertz CT molecular complexity index is 1460. The summed E-state index contributed by atoms with van der Waals surface area (Å²) in [6.07, 6.45) is -4.46. The SMILES string of the molecule is [2H]c1c([2H])c(-c2nc3c([2H])c([2H])c(C([2H])([2H])[2H])c([2H])n3c2C([2H])([2H])C(=O)N(C)C([2H])([2H])[2H])c([2H])c([2H])c1C. The van der Waals surface area contributed by atoms with Crippen molar-refractivity contribution in [2.75, 3.05) is 14.0 Å². The molecule has 0 saturated carbocycles. The molecule has 4 heteroatoms. The maximum atomic E-state index is 13.2. The zero-order valence-electron chi connectivity index (χ0n) is 27.2. The Hall–Kier alpha value is -2.62. The van der Waals surface area contributed by atoms with E-state index in [-0.39, 0.29) is 10.5 Å². The lowest BCUT2D eigenvalue weighted by Gasteiger charge is -2.11. The molecule has 0 saturated heterocycles. The zero-order valence-corrected chi connectivity index (χ0v) is 12.2. The lowest BCUT2D eigenvalue weighted by Crippen LogP contribution is -2.24. The van der Waals surface area contributed by atoms with Gasteiger partial charge in [0, 0.05) is 36.7 Å². The third kappa shape index (κ3) is 2.97. The number of hydrogen-bond donors (Lipinski definition) is 0. The van der Waals surface area contributed by atoms with Crippen LogP contribution in [-0.2, 0) is 11.2 Å². The number of carbonyl (C=O) groups is 1. The van der Waals surface area contributed by atoms with E-state index in [0.29, 0.717) is 4.40 Å². The Morgan fingerprint density at radius 3 is 2.74 bits per heavy atom. The van der Waals surface area contributed by atoms with Crippen molar-refractivity contribution in [3.8, 4) is 11.3 Å². The summed E-state index contributed by atoms with van der Waals surface area (Å²) in [4.78, 5) is 17.3. The largest absolute Gasteiger partial charge is 0.348 e. The van der Waals surface area contributed by atoms with E-state index in [0.717, 1.165) is 7.05 Å². The fourth-order valence-corrected chi connectivity index (χ4v) is 1.84. The fourth-order valence-electron chi connectivity index (χ4n) is 1.84. The average Bonchev–Trinajstić information content (AvgIpc) is 3.19. The molecule has 0 spiro atoms. The second-order valence-corrected chi connectivity index (χ2v) is 4.69. The van der Waals surface area contributed by atoms with Crippen LogP contribution in [0.25, 0.3) is 16.9 Å². The summed E-state index contributed by atoms with van der Waals surface area (Å²) in [5.74, 6) is -1.68. The summed E-state index contributed by atoms with van der Waals surface area (Å²) in [5, 5.41) is 0. The van der Waals surface area contributed by atoms with Gasteiger partial charge in [-0.1, -0.05) is 35.8 Å². The first kappa shape index (κ1) is 5.48. The molecule has 0 radical (unpaired) electrons. The molecule has 2 heterocycles. The van der Waals surface area contributed by atoms with E-state index >= 15 is 0 Å². The van der Waals surface area contributed by atoms with Crippen LogP contribution in [-0.4, -0.2) is 34.2 Å². The topological polar surface area (TPSA) is 37.6 Å². The Morgan fingerprint density at radius 2 is 2.04 bits per heavy atom. The Labute approximate surface area is 157 Å². The molecule has 4 nitrogen and oxygen atoms in total. The molecular formula is C19H21N3O. The van der Waals surface area contributed by atoms with E-state index in [4.69, 9.17) is 20.6 Å². The van der Waals surface area contributed by atoms with Gasteiger partial charge in [-0.2, -0.15) is 0 Å². The number of carbonyl (C=O) groups excluding carboxylic acids is 1. The molecule has 0 atom stereocenters. The van der Waals surface area contributed by atoms with Gasteiger partial charge in [0.15, 0.2) is 0 Å². The minimum Gasteiger partial charge on any atom is -0.348 e. The van der Waals surface area contributed by atoms with Crippen LogP contribution in [0.5, 0.6) is 0 Å². The van der Waals surface area contributed by atoms with E-state index in [9.17, 15) is 4.79 Å². The van der Waals surface area contributed by atoms with Crippen LogP contribution in [0.2, 0.25) is 0 Å². The highest BCUT2D eigenvalue weighted by Crippen LogP contribution is 2.26. The third-order valence-electron chi connectivity index (χ3n) is 2.92. The number of rotatable bonds is 3. The molecule has 0 aliphatic heterocycles. The Balaban J connectivity index is 2.67. The van der Waals surface area contributed by atoms with Gasteiger partial charge in [0.1, 0.15) is 5.65 Å². The zero-order chi connectivity index (χ0) is 29.4. The van der Waals surface area contributed by atoms with Crippen LogP contribution in [0.15, 0.2) is 42.4 Å². The lowest BCUT2D eigenvalue weighted by atomic mass is 10.1. The number of likely N-dealkylation sites (N-methyl/N-ethyl adjacent to an activating group) is 1. The van der Waals surface area contributed by atoms with E-state index in [1.807, 2.05) is 0 Å². The number of aromatic nitrogens is 2. The van der Waals surface area contributed by atoms with E-state index in [2.05, 4.69) is 4.98 Å². The molecule has 23 heavy (non-hydrogen) atoms. The minimum atomic E-state index is -3.41. The van der Waals surface area contributed by atoms with E-state index in [1.54, 1.807) is 0 Å². The molecule has 0 unspecified atom stereocenters. The number of hydrogen-bond acceptors (Lipinski definition) is 2. The summed E-state index contributed by atoms with van der Waals surface area (Å²) < 4.78 is 121. The van der Waals surface area contributed by atoms with Gasteiger partial charge in [0.05, 0.1) is 27.4 Å². The van der Waals surface area contributed by atoms with Crippen molar-refractivity contribution in [3.63, 3.8) is 0 Å². The molecule has 3 aromatic rings. The maximum absolute atomic E-state index is 13.2. The summed E-state index contributed by atoms with van der Waals surface area (Å²) in [6, 6.07) is -4.29. The number of amides is 1. The molecule has 118 valence electrons. The van der Waals surface area contributed by atoms with Gasteiger partial charge in [-0.25, -0.2) is 4.98 Å². The molecule has 1 aromatic carbocycles. The number of fused-ring (bicyclic) bond motifs is 1. The summed E-state index contributed by atoms with van der Waals surface area (Å²) >= 11 is 0. The van der Waals surface area contributed by atoms with Crippen molar-refractivity contribution >= 4 is 11.6 Å². The first-order chi connectivity index (χ1) is 17.1. The third-order valence-corrected chi connectivity index (χ3v) is 2.92. The van der Waals surface area contributed by atoms with Gasteiger partial charge in [-0.05, 0) is 25.4 Å². The predicted molar refractivity (Wildman–Crippen MR) is 92.5 cm³/mol. The van der Waals surface area contributed by atoms with Crippen molar-refractivity contribution in [3.05, 3.63) is 59.2 Å². The van der Waals surface area contributed by atoms with Gasteiger partial charge in [-0.3, -0.25) is 4.79 Å². The van der Waals surface area contributed by atoms with Crippen LogP contribution in [0.3, 0.4) is 0 Å². The van der Waals surface area contributed by atoms with Crippen LogP contribution in [0.1, 0.15) is 37.4 Å². The maximum Gasteiger partial charge on any atom is 0.228 e. The second kappa shape index (κ2) is 5.88. The Morgan fingerprint density at radius 1 is 1.30 bits per heavy atom. The monoisotopic (exact) mass is 322 g/mol. The Kier molecular flexibility index (Phi) is 1.40. The van der Waals surface area contributed by atoms with Crippen molar-refractivity contribution in [2.24, 2.45) is 0 Å². The van der Waals surface area contributed by atoms with Crippen LogP contribution >= 0.6 is 0 Å². The first-order valence-corrected chi connectivity index (χ1v) is 6.47.